The minimum absolute atomic E-state index is 0.0182. The molecule has 0 atom stereocenters. The van der Waals surface area contributed by atoms with Crippen LogP contribution >= 0.6 is 0 Å². The lowest BCUT2D eigenvalue weighted by Crippen LogP contribution is -2.23. The first-order valence-electron chi connectivity index (χ1n) is 7.81. The smallest absolute Gasteiger partial charge is 0.420 e. The quantitative estimate of drug-likeness (QED) is 0.746. The Bertz CT molecular complexity index is 725. The predicted octanol–water partition coefficient (Wildman–Crippen LogP) is 3.31. The summed E-state index contributed by atoms with van der Waals surface area (Å²) in [5, 5.41) is 4.09. The molecule has 0 N–H and O–H groups in total. The molecular formula is C17H20F3N3O2. The zero-order valence-corrected chi connectivity index (χ0v) is 14.3. The number of benzene rings is 1. The minimum Gasteiger partial charge on any atom is -0.461 e. The van der Waals surface area contributed by atoms with Crippen molar-refractivity contribution in [3.05, 3.63) is 41.6 Å². The van der Waals surface area contributed by atoms with Crippen LogP contribution in [0.15, 0.2) is 30.3 Å². The largest absolute Gasteiger partial charge is 0.461 e. The number of nitrogens with zero attached hydrogens (tertiary/aromatic N) is 3. The van der Waals surface area contributed by atoms with Crippen LogP contribution in [-0.2, 0) is 17.5 Å². The van der Waals surface area contributed by atoms with Crippen LogP contribution in [0.5, 0.6) is 0 Å². The number of hydrogen-bond donors (Lipinski definition) is 0. The van der Waals surface area contributed by atoms with Gasteiger partial charge >= 0.3 is 12.1 Å². The first kappa shape index (κ1) is 19.0. The number of esters is 1. The molecule has 0 aliphatic heterocycles. The molecule has 2 rings (SSSR count). The zero-order valence-electron chi connectivity index (χ0n) is 14.3. The molecule has 2 aromatic rings. The van der Waals surface area contributed by atoms with Crippen LogP contribution in [0, 0.1) is 0 Å². The van der Waals surface area contributed by atoms with Crippen molar-refractivity contribution in [1.82, 2.24) is 14.7 Å². The van der Waals surface area contributed by atoms with Crippen molar-refractivity contribution in [1.29, 1.82) is 0 Å². The van der Waals surface area contributed by atoms with Crippen molar-refractivity contribution >= 4 is 5.97 Å². The second-order valence-corrected chi connectivity index (χ2v) is 5.68. The van der Waals surface area contributed by atoms with Crippen LogP contribution in [0.25, 0.3) is 11.3 Å². The maximum absolute atomic E-state index is 13.7. The van der Waals surface area contributed by atoms with Gasteiger partial charge in [-0.2, -0.15) is 18.3 Å². The molecule has 0 bridgehead atoms. The molecule has 25 heavy (non-hydrogen) atoms. The fourth-order valence-corrected chi connectivity index (χ4v) is 2.39. The first-order valence-corrected chi connectivity index (χ1v) is 7.81. The number of alkyl halides is 3. The standard InChI is InChI=1S/C17H20F3N3O2/c1-4-25-16(24)15-13(17(18,19)20)14(12-8-6-5-7-9-12)21-23(15)11-10-22(2)3/h5-9H,4,10-11H2,1-3H3. The fourth-order valence-electron chi connectivity index (χ4n) is 2.39. The van der Waals surface area contributed by atoms with Crippen molar-refractivity contribution in [3.8, 4) is 11.3 Å². The lowest BCUT2D eigenvalue weighted by molar-refractivity contribution is -0.137. The SMILES string of the molecule is CCOC(=O)c1c(C(F)(F)F)c(-c2ccccc2)nn1CCN(C)C. The Labute approximate surface area is 144 Å². The van der Waals surface area contributed by atoms with Crippen molar-refractivity contribution < 1.29 is 22.7 Å². The summed E-state index contributed by atoms with van der Waals surface area (Å²) in [5.41, 5.74) is -1.59. The summed E-state index contributed by atoms with van der Waals surface area (Å²) in [5.74, 6) is -1.02. The van der Waals surface area contributed by atoms with E-state index < -0.39 is 23.4 Å². The van der Waals surface area contributed by atoms with E-state index in [0.29, 0.717) is 12.1 Å². The summed E-state index contributed by atoms with van der Waals surface area (Å²) in [6, 6.07) is 8.01. The third kappa shape index (κ3) is 4.39. The number of likely N-dealkylation sites (N-methyl/N-ethyl adjacent to an activating group) is 1. The summed E-state index contributed by atoms with van der Waals surface area (Å²) >= 11 is 0. The van der Waals surface area contributed by atoms with Gasteiger partial charge in [0.15, 0.2) is 5.69 Å². The number of halogens is 3. The van der Waals surface area contributed by atoms with E-state index in [4.69, 9.17) is 4.74 Å². The summed E-state index contributed by atoms with van der Waals surface area (Å²) in [4.78, 5) is 14.0. The molecule has 0 fully saturated rings. The molecular weight excluding hydrogens is 335 g/mol. The predicted molar refractivity (Wildman–Crippen MR) is 87.2 cm³/mol. The van der Waals surface area contributed by atoms with Crippen LogP contribution in [-0.4, -0.2) is 47.9 Å². The Hall–Kier alpha value is -2.35. The van der Waals surface area contributed by atoms with Gasteiger partial charge in [-0.15, -0.1) is 0 Å². The zero-order chi connectivity index (χ0) is 18.6. The Morgan fingerprint density at radius 1 is 1.24 bits per heavy atom. The average molecular weight is 355 g/mol. The van der Waals surface area contributed by atoms with E-state index in [1.165, 1.54) is 12.1 Å². The maximum atomic E-state index is 13.7. The number of aromatic nitrogens is 2. The maximum Gasteiger partial charge on any atom is 0.420 e. The molecule has 0 saturated carbocycles. The Kier molecular flexibility index (Phi) is 5.84. The molecule has 0 amide bonds. The number of rotatable bonds is 6. The Morgan fingerprint density at radius 2 is 1.88 bits per heavy atom. The monoisotopic (exact) mass is 355 g/mol. The van der Waals surface area contributed by atoms with Gasteiger partial charge in [0.1, 0.15) is 11.3 Å². The Morgan fingerprint density at radius 3 is 2.40 bits per heavy atom. The van der Waals surface area contributed by atoms with Gasteiger partial charge in [0.05, 0.1) is 13.2 Å². The van der Waals surface area contributed by atoms with Gasteiger partial charge in [-0.3, -0.25) is 4.68 Å². The van der Waals surface area contributed by atoms with Gasteiger partial charge in [-0.05, 0) is 21.0 Å². The van der Waals surface area contributed by atoms with Crippen LogP contribution in [0.4, 0.5) is 13.2 Å². The van der Waals surface area contributed by atoms with Crippen LogP contribution in [0.1, 0.15) is 23.0 Å². The highest BCUT2D eigenvalue weighted by atomic mass is 19.4. The summed E-state index contributed by atoms with van der Waals surface area (Å²) in [6.45, 7) is 2.09. The van der Waals surface area contributed by atoms with Crippen molar-refractivity contribution in [3.63, 3.8) is 0 Å². The van der Waals surface area contributed by atoms with Crippen molar-refractivity contribution in [2.24, 2.45) is 0 Å². The van der Waals surface area contributed by atoms with Crippen LogP contribution < -0.4 is 0 Å². The number of carbonyl (C=O) groups is 1. The summed E-state index contributed by atoms with van der Waals surface area (Å²) < 4.78 is 47.1. The molecule has 0 radical (unpaired) electrons. The fraction of sp³-hybridized carbons (Fsp3) is 0.412. The molecule has 5 nitrogen and oxygen atoms in total. The molecule has 1 aromatic heterocycles. The normalized spacial score (nSPS) is 11.8. The first-order chi connectivity index (χ1) is 11.8. The molecule has 1 heterocycles. The molecule has 0 spiro atoms. The number of carbonyl (C=O) groups excluding carboxylic acids is 1. The molecule has 0 aliphatic carbocycles. The van der Waals surface area contributed by atoms with Gasteiger partial charge in [-0.25, -0.2) is 4.79 Å². The van der Waals surface area contributed by atoms with Crippen LogP contribution in [0.3, 0.4) is 0 Å². The lowest BCUT2D eigenvalue weighted by atomic mass is 10.1. The lowest BCUT2D eigenvalue weighted by Gasteiger charge is -2.13. The van der Waals surface area contributed by atoms with E-state index in [1.807, 2.05) is 0 Å². The minimum atomic E-state index is -4.73. The Balaban J connectivity index is 2.67. The van der Waals surface area contributed by atoms with Crippen LogP contribution in [0.2, 0.25) is 0 Å². The number of ether oxygens (including phenoxy) is 1. The van der Waals surface area contributed by atoms with Crippen molar-refractivity contribution in [2.45, 2.75) is 19.6 Å². The van der Waals surface area contributed by atoms with E-state index in [0.717, 1.165) is 4.68 Å². The summed E-state index contributed by atoms with van der Waals surface area (Å²) in [6.07, 6.45) is -4.73. The van der Waals surface area contributed by atoms with Gasteiger partial charge in [0.2, 0.25) is 0 Å². The van der Waals surface area contributed by atoms with Gasteiger partial charge in [0, 0.05) is 12.1 Å². The second kappa shape index (κ2) is 7.69. The highest BCUT2D eigenvalue weighted by Crippen LogP contribution is 2.39. The van der Waals surface area contributed by atoms with E-state index in [-0.39, 0.29) is 18.8 Å². The topological polar surface area (TPSA) is 47.4 Å². The second-order valence-electron chi connectivity index (χ2n) is 5.68. The van der Waals surface area contributed by atoms with Gasteiger partial charge < -0.3 is 9.64 Å². The molecule has 136 valence electrons. The van der Waals surface area contributed by atoms with Gasteiger partial charge in [0.25, 0.3) is 0 Å². The van der Waals surface area contributed by atoms with E-state index >= 15 is 0 Å². The number of hydrogen-bond acceptors (Lipinski definition) is 4. The van der Waals surface area contributed by atoms with Gasteiger partial charge in [-0.1, -0.05) is 30.3 Å². The van der Waals surface area contributed by atoms with E-state index in [9.17, 15) is 18.0 Å². The average Bonchev–Trinajstić information content (AvgIpc) is 2.94. The third-order valence-corrected chi connectivity index (χ3v) is 3.51. The molecule has 0 unspecified atom stereocenters. The molecule has 8 heteroatoms. The molecule has 0 saturated heterocycles. The third-order valence-electron chi connectivity index (χ3n) is 3.51. The molecule has 1 aromatic carbocycles. The highest BCUT2D eigenvalue weighted by Gasteiger charge is 2.43. The van der Waals surface area contributed by atoms with E-state index in [1.54, 1.807) is 44.1 Å². The van der Waals surface area contributed by atoms with Crippen molar-refractivity contribution in [2.75, 3.05) is 27.2 Å². The summed E-state index contributed by atoms with van der Waals surface area (Å²) in [7, 11) is 3.58. The molecule has 0 aliphatic rings. The highest BCUT2D eigenvalue weighted by molar-refractivity contribution is 5.92. The van der Waals surface area contributed by atoms with E-state index in [2.05, 4.69) is 5.10 Å².